The van der Waals surface area contributed by atoms with Crippen LogP contribution in [0.15, 0.2) is 41.7 Å². The molecule has 0 unspecified atom stereocenters. The summed E-state index contributed by atoms with van der Waals surface area (Å²) in [7, 11) is -3.30. The molecule has 3 aromatic rings. The first-order valence-electron chi connectivity index (χ1n) is 9.62. The fourth-order valence-corrected chi connectivity index (χ4v) is 5.54. The number of fused-ring (bicyclic) bond motifs is 1. The van der Waals surface area contributed by atoms with Gasteiger partial charge in [-0.25, -0.2) is 13.8 Å². The van der Waals surface area contributed by atoms with Gasteiger partial charge in [0, 0.05) is 35.1 Å². The molecule has 0 saturated carbocycles. The van der Waals surface area contributed by atoms with Crippen molar-refractivity contribution in [2.24, 2.45) is 10.7 Å². The van der Waals surface area contributed by atoms with Crippen LogP contribution in [-0.4, -0.2) is 35.4 Å². The molecule has 0 radical (unpaired) electrons. The number of amidine groups is 1. The van der Waals surface area contributed by atoms with Crippen LogP contribution in [0.2, 0.25) is 5.02 Å². The van der Waals surface area contributed by atoms with Crippen LogP contribution in [0.4, 0.5) is 20.3 Å². The average Bonchev–Trinajstić information content (AvgIpc) is 2.68. The first-order valence-corrected chi connectivity index (χ1v) is 11.7. The van der Waals surface area contributed by atoms with E-state index in [-0.39, 0.29) is 22.8 Å². The fourth-order valence-electron chi connectivity index (χ4n) is 3.62. The normalized spacial score (nSPS) is 22.9. The lowest BCUT2D eigenvalue weighted by Crippen LogP contribution is -2.52. The van der Waals surface area contributed by atoms with Gasteiger partial charge in [-0.3, -0.25) is 19.1 Å². The molecule has 0 fully saturated rings. The van der Waals surface area contributed by atoms with Gasteiger partial charge >= 0.3 is 0 Å². The lowest BCUT2D eigenvalue weighted by molar-refractivity contribution is 0.409. The minimum atomic E-state index is -3.30. The number of nitrogens with two attached hydrogens (primary N) is 1. The van der Waals surface area contributed by atoms with Gasteiger partial charge in [-0.2, -0.15) is 10.6 Å². The predicted molar refractivity (Wildman–Crippen MR) is 125 cm³/mol. The molecule has 4 rings (SSSR count). The number of anilines is 2. The molecule has 1 aromatic carbocycles. The molecule has 0 spiro atoms. The first kappa shape index (κ1) is 22.7. The standard InChI is InChI=1S/C21H22ClF2N5O2S/c1-20(2)19(25)29-21(3,10-32(20,30)31)14-7-13(8-15(23)16(14)24)28-18-17-11(4-5-26-18)6-12(22)9-27-17/h4-9,30-31H,10H2,1-3H3,(H2,25,29)(H,26,28)/t21-/m0/s1. The van der Waals surface area contributed by atoms with Crippen LogP contribution in [0.25, 0.3) is 10.9 Å². The van der Waals surface area contributed by atoms with Crippen molar-refractivity contribution in [3.63, 3.8) is 0 Å². The van der Waals surface area contributed by atoms with Crippen LogP contribution in [0.1, 0.15) is 26.3 Å². The molecule has 1 aliphatic rings. The van der Waals surface area contributed by atoms with E-state index >= 15 is 0 Å². The number of rotatable bonds is 3. The van der Waals surface area contributed by atoms with Gasteiger partial charge in [0.15, 0.2) is 17.5 Å². The van der Waals surface area contributed by atoms with Crippen molar-refractivity contribution in [3.8, 4) is 0 Å². The summed E-state index contributed by atoms with van der Waals surface area (Å²) in [6, 6.07) is 5.78. The second-order valence-corrected chi connectivity index (χ2v) is 11.5. The maximum atomic E-state index is 14.9. The number of benzene rings is 1. The van der Waals surface area contributed by atoms with Gasteiger partial charge in [-0.1, -0.05) is 11.6 Å². The molecule has 2 aromatic heterocycles. The van der Waals surface area contributed by atoms with Crippen molar-refractivity contribution in [1.29, 1.82) is 0 Å². The molecular weight excluding hydrogens is 460 g/mol. The molecule has 11 heteroatoms. The number of aromatic nitrogens is 2. The summed E-state index contributed by atoms with van der Waals surface area (Å²) < 4.78 is 49.7. The van der Waals surface area contributed by atoms with E-state index in [1.807, 2.05) is 0 Å². The smallest absolute Gasteiger partial charge is 0.164 e. The zero-order valence-corrected chi connectivity index (χ0v) is 19.1. The second kappa shape index (κ2) is 7.51. The van der Waals surface area contributed by atoms with E-state index in [0.29, 0.717) is 21.7 Å². The summed E-state index contributed by atoms with van der Waals surface area (Å²) >= 11 is 5.99. The van der Waals surface area contributed by atoms with Crippen molar-refractivity contribution in [1.82, 2.24) is 9.97 Å². The van der Waals surface area contributed by atoms with Crippen LogP contribution < -0.4 is 11.1 Å². The van der Waals surface area contributed by atoms with Crippen molar-refractivity contribution < 1.29 is 17.9 Å². The summed E-state index contributed by atoms with van der Waals surface area (Å²) in [4.78, 5) is 12.9. The van der Waals surface area contributed by atoms with Gasteiger partial charge in [0.2, 0.25) is 0 Å². The van der Waals surface area contributed by atoms with E-state index in [2.05, 4.69) is 20.3 Å². The van der Waals surface area contributed by atoms with Gasteiger partial charge in [0.1, 0.15) is 21.6 Å². The second-order valence-electron chi connectivity index (χ2n) is 8.42. The number of pyridine rings is 2. The maximum Gasteiger partial charge on any atom is 0.164 e. The minimum absolute atomic E-state index is 0.0405. The number of nitrogens with one attached hydrogen (secondary N) is 1. The average molecular weight is 482 g/mol. The fraction of sp³-hybridized carbons (Fsp3) is 0.286. The first-order chi connectivity index (χ1) is 14.8. The molecule has 3 heterocycles. The Morgan fingerprint density at radius 3 is 2.56 bits per heavy atom. The summed E-state index contributed by atoms with van der Waals surface area (Å²) in [6.45, 7) is 4.60. The SMILES string of the molecule is CC1(C)C(N)=N[C@](C)(c2cc(Nc3nccc4cc(Cl)cnc34)cc(F)c2F)CS1(O)O. The zero-order valence-electron chi connectivity index (χ0n) is 17.5. The Balaban J connectivity index is 1.81. The maximum absolute atomic E-state index is 14.9. The van der Waals surface area contributed by atoms with Crippen molar-refractivity contribution in [2.45, 2.75) is 31.1 Å². The summed E-state index contributed by atoms with van der Waals surface area (Å²) in [5.74, 6) is -2.29. The molecule has 5 N–H and O–H groups in total. The Bertz CT molecular complexity index is 1270. The third-order valence-corrected chi connectivity index (χ3v) is 8.74. The van der Waals surface area contributed by atoms with Crippen LogP contribution in [0.5, 0.6) is 0 Å². The quantitative estimate of drug-likeness (QED) is 0.397. The Hall–Kier alpha value is -2.53. The molecule has 0 amide bonds. The van der Waals surface area contributed by atoms with Gasteiger partial charge < -0.3 is 11.1 Å². The zero-order chi connectivity index (χ0) is 23.5. The molecule has 7 nitrogen and oxygen atoms in total. The molecular formula is C21H22ClF2N5O2S. The van der Waals surface area contributed by atoms with Gasteiger partial charge in [0.25, 0.3) is 0 Å². The molecule has 32 heavy (non-hydrogen) atoms. The Morgan fingerprint density at radius 2 is 1.88 bits per heavy atom. The van der Waals surface area contributed by atoms with E-state index in [0.717, 1.165) is 6.07 Å². The van der Waals surface area contributed by atoms with Gasteiger partial charge in [-0.15, -0.1) is 0 Å². The molecule has 170 valence electrons. The van der Waals surface area contributed by atoms with E-state index < -0.39 is 32.5 Å². The number of hydrogen-bond acceptors (Lipinski definition) is 7. The Morgan fingerprint density at radius 1 is 1.16 bits per heavy atom. The van der Waals surface area contributed by atoms with Crippen LogP contribution >= 0.6 is 22.2 Å². The monoisotopic (exact) mass is 481 g/mol. The highest BCUT2D eigenvalue weighted by Crippen LogP contribution is 2.59. The van der Waals surface area contributed by atoms with E-state index in [1.165, 1.54) is 25.4 Å². The van der Waals surface area contributed by atoms with E-state index in [9.17, 15) is 17.9 Å². The Kier molecular flexibility index (Phi) is 5.32. The molecule has 0 saturated heterocycles. The van der Waals surface area contributed by atoms with Crippen molar-refractivity contribution >= 4 is 50.4 Å². The summed E-state index contributed by atoms with van der Waals surface area (Å²) in [6.07, 6.45) is 2.99. The molecule has 1 atom stereocenters. The van der Waals surface area contributed by atoms with Crippen LogP contribution in [0.3, 0.4) is 0 Å². The summed E-state index contributed by atoms with van der Waals surface area (Å²) in [5, 5.41) is 4.12. The Labute approximate surface area is 190 Å². The predicted octanol–water partition coefficient (Wildman–Crippen LogP) is 5.42. The lowest BCUT2D eigenvalue weighted by Gasteiger charge is -2.53. The molecule has 0 aliphatic carbocycles. The minimum Gasteiger partial charge on any atom is -0.386 e. The highest BCUT2D eigenvalue weighted by Gasteiger charge is 2.49. The number of aliphatic imine (C=N–C) groups is 1. The van der Waals surface area contributed by atoms with Gasteiger partial charge in [-0.05, 0) is 39.0 Å². The third kappa shape index (κ3) is 3.66. The highest BCUT2D eigenvalue weighted by molar-refractivity contribution is 8.26. The van der Waals surface area contributed by atoms with E-state index in [4.69, 9.17) is 17.3 Å². The number of halogens is 3. The molecule has 1 aliphatic heterocycles. The summed E-state index contributed by atoms with van der Waals surface area (Å²) in [5.41, 5.74) is 5.05. The highest BCUT2D eigenvalue weighted by atomic mass is 35.5. The van der Waals surface area contributed by atoms with Crippen LogP contribution in [0, 0.1) is 11.6 Å². The largest absolute Gasteiger partial charge is 0.386 e. The topological polar surface area (TPSA) is 117 Å². The third-order valence-electron chi connectivity index (χ3n) is 5.72. The van der Waals surface area contributed by atoms with Crippen LogP contribution in [-0.2, 0) is 5.54 Å². The van der Waals surface area contributed by atoms with Crippen molar-refractivity contribution in [2.75, 3.05) is 11.1 Å². The molecule has 0 bridgehead atoms. The van der Waals surface area contributed by atoms with Gasteiger partial charge in [0.05, 0.1) is 10.8 Å². The van der Waals surface area contributed by atoms with Crippen molar-refractivity contribution in [3.05, 3.63) is 58.9 Å². The lowest BCUT2D eigenvalue weighted by atomic mass is 9.92. The van der Waals surface area contributed by atoms with E-state index in [1.54, 1.807) is 26.0 Å². The number of nitrogens with zero attached hydrogens (tertiary/aromatic N) is 3. The number of hydrogen-bond donors (Lipinski definition) is 4.